The number of amides is 1. The average Bonchev–Trinajstić information content (AvgIpc) is 2.94. The number of ketones is 1. The normalized spacial score (nSPS) is 12.4. The SMILES string of the molecule is CC.CC/C=C\C/C=C\C/C=C\C/C=C\C/C=C\CCCC(=O)OCC(C)(C)[C@@H](C)C(=O)NCCC(C)=O.CCC. The lowest BCUT2D eigenvalue weighted by Crippen LogP contribution is -2.40. The van der Waals surface area contributed by atoms with Gasteiger partial charge in [0.05, 0.1) is 6.61 Å². The van der Waals surface area contributed by atoms with Crippen molar-refractivity contribution in [3.05, 3.63) is 60.8 Å². The number of Topliss-reactive ketones (excluding diaryl/α,β-unsaturated/α-hetero) is 1. The first-order valence-electron chi connectivity index (χ1n) is 15.8. The maximum Gasteiger partial charge on any atom is 0.305 e. The first-order valence-corrected chi connectivity index (χ1v) is 15.8. The van der Waals surface area contributed by atoms with Crippen molar-refractivity contribution in [3.8, 4) is 0 Å². The van der Waals surface area contributed by atoms with Crippen molar-refractivity contribution in [2.24, 2.45) is 11.3 Å². The maximum absolute atomic E-state index is 12.3. The molecule has 1 N–H and O–H groups in total. The predicted molar refractivity (Wildman–Crippen MR) is 178 cm³/mol. The lowest BCUT2D eigenvalue weighted by molar-refractivity contribution is -0.149. The molecule has 0 spiro atoms. The summed E-state index contributed by atoms with van der Waals surface area (Å²) in [7, 11) is 0. The Bertz CT molecular complexity index is 787. The van der Waals surface area contributed by atoms with Crippen LogP contribution < -0.4 is 5.32 Å². The highest BCUT2D eigenvalue weighted by Gasteiger charge is 2.32. The van der Waals surface area contributed by atoms with Crippen LogP contribution in [0.3, 0.4) is 0 Å². The number of allylic oxidation sites excluding steroid dienone is 10. The van der Waals surface area contributed by atoms with Crippen molar-refractivity contribution in [1.29, 1.82) is 0 Å². The summed E-state index contributed by atoms with van der Waals surface area (Å²) >= 11 is 0. The van der Waals surface area contributed by atoms with Crippen molar-refractivity contribution < 1.29 is 19.1 Å². The van der Waals surface area contributed by atoms with E-state index in [1.165, 1.54) is 13.3 Å². The molecular formula is C36H63NO4. The van der Waals surface area contributed by atoms with Gasteiger partial charge in [-0.05, 0) is 51.9 Å². The summed E-state index contributed by atoms with van der Waals surface area (Å²) in [4.78, 5) is 35.4. The number of esters is 1. The molecule has 1 atom stereocenters. The van der Waals surface area contributed by atoms with E-state index >= 15 is 0 Å². The number of carbonyl (C=O) groups is 3. The number of ether oxygens (including phenoxy) is 1. The molecule has 1 amide bonds. The predicted octanol–water partition coefficient (Wildman–Crippen LogP) is 9.65. The molecule has 0 saturated heterocycles. The Kier molecular flexibility index (Phi) is 33.2. The molecule has 0 aliphatic carbocycles. The van der Waals surface area contributed by atoms with E-state index in [9.17, 15) is 14.4 Å². The van der Waals surface area contributed by atoms with Crippen molar-refractivity contribution in [1.82, 2.24) is 5.32 Å². The van der Waals surface area contributed by atoms with E-state index in [2.05, 4.69) is 86.8 Å². The average molecular weight is 574 g/mol. The number of carbonyl (C=O) groups excluding carboxylic acids is 3. The van der Waals surface area contributed by atoms with E-state index in [1.54, 1.807) is 0 Å². The van der Waals surface area contributed by atoms with E-state index in [1.807, 2.05) is 34.6 Å². The standard InChI is InChI=1S/C31H49NO4.C3H8.C2H6/c1-6-7-8-9-10-11-12-13-14-15-16-17-18-19-20-21-22-23-29(34)36-26-31(4,5)28(3)30(35)32-25-24-27(2)33;1-3-2;1-2/h7-8,10-11,13-14,16-17,19-20,28H,6,9,12,15,18,21-26H2,1-5H3,(H,32,35);3H2,1-2H3;1-2H3/b8-7-,11-10-,14-13-,17-16-,20-19-;;/t28-;;/m0../s1. The number of nitrogens with one attached hydrogen (secondary N) is 1. The first-order chi connectivity index (χ1) is 19.6. The summed E-state index contributed by atoms with van der Waals surface area (Å²) in [6.45, 7) is 18.1. The highest BCUT2D eigenvalue weighted by molar-refractivity contribution is 5.80. The van der Waals surface area contributed by atoms with Crippen LogP contribution in [0.5, 0.6) is 0 Å². The summed E-state index contributed by atoms with van der Waals surface area (Å²) in [5.41, 5.74) is -0.486. The Morgan fingerprint density at radius 1 is 0.756 bits per heavy atom. The van der Waals surface area contributed by atoms with Gasteiger partial charge in [-0.3, -0.25) is 14.4 Å². The first kappa shape index (κ1) is 42.8. The van der Waals surface area contributed by atoms with Gasteiger partial charge in [-0.1, -0.05) is 123 Å². The van der Waals surface area contributed by atoms with Gasteiger partial charge in [0.2, 0.25) is 5.91 Å². The van der Waals surface area contributed by atoms with Gasteiger partial charge in [-0.25, -0.2) is 0 Å². The lowest BCUT2D eigenvalue weighted by Gasteiger charge is -2.30. The second kappa shape index (κ2) is 31.8. The molecule has 236 valence electrons. The molecule has 5 nitrogen and oxygen atoms in total. The van der Waals surface area contributed by atoms with Gasteiger partial charge < -0.3 is 10.1 Å². The van der Waals surface area contributed by atoms with Crippen LogP contribution in [0.2, 0.25) is 0 Å². The minimum atomic E-state index is -0.486. The van der Waals surface area contributed by atoms with Crippen molar-refractivity contribution >= 4 is 17.7 Å². The molecule has 0 radical (unpaired) electrons. The largest absolute Gasteiger partial charge is 0.465 e. The molecule has 0 bridgehead atoms. The molecule has 0 aromatic rings. The van der Waals surface area contributed by atoms with Crippen LogP contribution in [0, 0.1) is 11.3 Å². The monoisotopic (exact) mass is 573 g/mol. The summed E-state index contributed by atoms with van der Waals surface area (Å²) < 4.78 is 5.43. The molecule has 0 unspecified atom stereocenters. The molecule has 41 heavy (non-hydrogen) atoms. The van der Waals surface area contributed by atoms with Gasteiger partial charge in [-0.2, -0.15) is 0 Å². The Labute approximate surface area is 253 Å². The van der Waals surface area contributed by atoms with Gasteiger partial charge >= 0.3 is 5.97 Å². The van der Waals surface area contributed by atoms with Gasteiger partial charge in [0.25, 0.3) is 0 Å². The highest BCUT2D eigenvalue weighted by atomic mass is 16.5. The van der Waals surface area contributed by atoms with Crippen molar-refractivity contribution in [3.63, 3.8) is 0 Å². The molecule has 0 aliphatic rings. The fraction of sp³-hybridized carbons (Fsp3) is 0.639. The van der Waals surface area contributed by atoms with E-state index in [4.69, 9.17) is 4.74 Å². The van der Waals surface area contributed by atoms with Gasteiger partial charge in [0, 0.05) is 30.7 Å². The summed E-state index contributed by atoms with van der Waals surface area (Å²) in [5, 5.41) is 2.77. The van der Waals surface area contributed by atoms with E-state index in [0.29, 0.717) is 19.4 Å². The molecule has 5 heteroatoms. The molecule has 0 rings (SSSR count). The minimum Gasteiger partial charge on any atom is -0.465 e. The Balaban J connectivity index is -0.00000269. The summed E-state index contributed by atoms with van der Waals surface area (Å²) in [5.74, 6) is -0.658. The highest BCUT2D eigenvalue weighted by Crippen LogP contribution is 2.27. The van der Waals surface area contributed by atoms with Crippen LogP contribution in [0.15, 0.2) is 60.8 Å². The molecule has 0 aromatic carbocycles. The zero-order valence-electron chi connectivity index (χ0n) is 28.0. The smallest absolute Gasteiger partial charge is 0.305 e. The second-order valence-corrected chi connectivity index (χ2v) is 10.4. The van der Waals surface area contributed by atoms with Crippen LogP contribution in [-0.4, -0.2) is 30.8 Å². The zero-order valence-corrected chi connectivity index (χ0v) is 28.0. The number of rotatable bonds is 20. The summed E-state index contributed by atoms with van der Waals surface area (Å²) in [6, 6.07) is 0. The fourth-order valence-electron chi connectivity index (χ4n) is 3.07. The lowest BCUT2D eigenvalue weighted by atomic mass is 9.80. The topological polar surface area (TPSA) is 72.5 Å². The minimum absolute atomic E-state index is 0.0423. The number of hydrogen-bond acceptors (Lipinski definition) is 4. The van der Waals surface area contributed by atoms with Crippen LogP contribution >= 0.6 is 0 Å². The molecule has 0 heterocycles. The molecule has 0 aromatic heterocycles. The van der Waals surface area contributed by atoms with E-state index < -0.39 is 5.41 Å². The third-order valence-electron chi connectivity index (χ3n) is 5.86. The van der Waals surface area contributed by atoms with Crippen LogP contribution in [-0.2, 0) is 19.1 Å². The molecule has 0 fully saturated rings. The van der Waals surface area contributed by atoms with Crippen molar-refractivity contribution in [2.75, 3.05) is 13.2 Å². The van der Waals surface area contributed by atoms with E-state index in [0.717, 1.165) is 44.9 Å². The van der Waals surface area contributed by atoms with Gasteiger partial charge in [-0.15, -0.1) is 0 Å². The van der Waals surface area contributed by atoms with E-state index in [-0.39, 0.29) is 30.2 Å². The van der Waals surface area contributed by atoms with Crippen LogP contribution in [0.25, 0.3) is 0 Å². The summed E-state index contributed by atoms with van der Waals surface area (Å²) in [6.07, 6.45) is 30.1. The quantitative estimate of drug-likeness (QED) is 0.0894. The number of hydrogen-bond donors (Lipinski definition) is 1. The van der Waals surface area contributed by atoms with Gasteiger partial charge in [0.15, 0.2) is 0 Å². The van der Waals surface area contributed by atoms with Crippen molar-refractivity contribution in [2.45, 2.75) is 127 Å². The fourth-order valence-corrected chi connectivity index (χ4v) is 3.07. The van der Waals surface area contributed by atoms with Crippen LogP contribution in [0.1, 0.15) is 127 Å². The molecule has 0 aliphatic heterocycles. The molecule has 0 saturated carbocycles. The van der Waals surface area contributed by atoms with Gasteiger partial charge in [0.1, 0.15) is 5.78 Å². The molecular weight excluding hydrogens is 510 g/mol. The Morgan fingerprint density at radius 3 is 1.63 bits per heavy atom. The second-order valence-electron chi connectivity index (χ2n) is 10.4. The maximum atomic E-state index is 12.3. The third-order valence-corrected chi connectivity index (χ3v) is 5.86. The Hall–Kier alpha value is -2.69. The third kappa shape index (κ3) is 31.7. The zero-order chi connectivity index (χ0) is 31.8. The number of unbranched alkanes of at least 4 members (excludes halogenated alkanes) is 1. The van der Waals surface area contributed by atoms with Crippen LogP contribution in [0.4, 0.5) is 0 Å². The Morgan fingerprint density at radius 2 is 1.20 bits per heavy atom.